The minimum absolute atomic E-state index is 0.162. The lowest BCUT2D eigenvalue weighted by Crippen LogP contribution is -2.23. The molecule has 2 aromatic heterocycles. The van der Waals surface area contributed by atoms with Gasteiger partial charge >= 0.3 is 0 Å². The van der Waals surface area contributed by atoms with Gasteiger partial charge in [0.1, 0.15) is 5.15 Å². The van der Waals surface area contributed by atoms with Crippen LogP contribution in [-0.2, 0) is 18.3 Å². The van der Waals surface area contributed by atoms with Gasteiger partial charge in [-0.05, 0) is 25.1 Å². The Hall–Kier alpha value is -2.14. The van der Waals surface area contributed by atoms with E-state index in [1.807, 2.05) is 25.1 Å². The number of aryl methyl sites for hydroxylation is 2. The minimum atomic E-state index is -0.162. The molecule has 2 heterocycles. The van der Waals surface area contributed by atoms with E-state index in [0.29, 0.717) is 18.1 Å². The van der Waals surface area contributed by atoms with E-state index in [0.717, 1.165) is 17.0 Å². The molecule has 2 rings (SSSR count). The van der Waals surface area contributed by atoms with Crippen molar-refractivity contribution >= 4 is 23.6 Å². The van der Waals surface area contributed by atoms with Gasteiger partial charge in [0.15, 0.2) is 0 Å². The van der Waals surface area contributed by atoms with E-state index >= 15 is 0 Å². The van der Waals surface area contributed by atoms with Crippen LogP contribution in [0.5, 0.6) is 0 Å². The zero-order valence-electron chi connectivity index (χ0n) is 12.0. The Morgan fingerprint density at radius 3 is 2.90 bits per heavy atom. The van der Waals surface area contributed by atoms with Gasteiger partial charge < -0.3 is 5.32 Å². The van der Waals surface area contributed by atoms with Gasteiger partial charge in [-0.3, -0.25) is 14.5 Å². The van der Waals surface area contributed by atoms with E-state index in [9.17, 15) is 4.79 Å². The molecule has 1 amide bonds. The van der Waals surface area contributed by atoms with E-state index in [1.54, 1.807) is 24.0 Å². The van der Waals surface area contributed by atoms with Crippen molar-refractivity contribution in [3.05, 3.63) is 52.6 Å². The van der Waals surface area contributed by atoms with Crippen LogP contribution in [0.4, 0.5) is 0 Å². The molecule has 0 bridgehead atoms. The van der Waals surface area contributed by atoms with Crippen LogP contribution in [0.15, 0.2) is 30.5 Å². The van der Waals surface area contributed by atoms with Gasteiger partial charge in [-0.1, -0.05) is 17.7 Å². The first kappa shape index (κ1) is 15.3. The van der Waals surface area contributed by atoms with Crippen molar-refractivity contribution < 1.29 is 4.79 Å². The molecule has 0 aliphatic carbocycles. The van der Waals surface area contributed by atoms with Crippen LogP contribution in [-0.4, -0.2) is 27.2 Å². The normalized spacial score (nSPS) is 11.0. The Morgan fingerprint density at radius 1 is 1.48 bits per heavy atom. The zero-order valence-corrected chi connectivity index (χ0v) is 12.8. The van der Waals surface area contributed by atoms with Crippen LogP contribution in [0.1, 0.15) is 17.0 Å². The minimum Gasteiger partial charge on any atom is -0.352 e. The fraction of sp³-hybridized carbons (Fsp3) is 0.267. The maximum absolute atomic E-state index is 11.7. The monoisotopic (exact) mass is 304 g/mol. The van der Waals surface area contributed by atoms with Crippen LogP contribution in [0.2, 0.25) is 5.15 Å². The largest absolute Gasteiger partial charge is 0.352 e. The number of carbonyl (C=O) groups is 1. The fourth-order valence-electron chi connectivity index (χ4n) is 1.91. The molecule has 0 spiro atoms. The number of hydrogen-bond donors (Lipinski definition) is 1. The molecule has 0 aromatic carbocycles. The molecule has 0 atom stereocenters. The predicted molar refractivity (Wildman–Crippen MR) is 82.9 cm³/mol. The molecule has 1 N–H and O–H groups in total. The van der Waals surface area contributed by atoms with E-state index in [1.165, 1.54) is 6.08 Å². The highest BCUT2D eigenvalue weighted by molar-refractivity contribution is 6.31. The Labute approximate surface area is 128 Å². The standard InChI is InChI=1S/C15H17ClN4O/c1-11-13(15(16)20(2)19-11)6-7-14(21)18-10-8-12-5-3-4-9-17-12/h3-7,9H,8,10H2,1-2H3,(H,18,21)/b7-6+. The molecule has 0 saturated heterocycles. The summed E-state index contributed by atoms with van der Waals surface area (Å²) in [6, 6.07) is 5.72. The molecule has 0 saturated carbocycles. The van der Waals surface area contributed by atoms with Gasteiger partial charge in [0.2, 0.25) is 5.91 Å². The average Bonchev–Trinajstić information content (AvgIpc) is 2.71. The molecule has 6 heteroatoms. The van der Waals surface area contributed by atoms with Crippen molar-refractivity contribution in [2.24, 2.45) is 7.05 Å². The maximum atomic E-state index is 11.7. The Morgan fingerprint density at radius 2 is 2.29 bits per heavy atom. The van der Waals surface area contributed by atoms with Gasteiger partial charge in [0, 0.05) is 43.5 Å². The highest BCUT2D eigenvalue weighted by Gasteiger charge is 2.08. The molecular formula is C15H17ClN4O. The summed E-state index contributed by atoms with van der Waals surface area (Å²) in [6.07, 6.45) is 5.59. The third-order valence-electron chi connectivity index (χ3n) is 3.00. The molecule has 0 aliphatic rings. The second-order valence-corrected chi connectivity index (χ2v) is 4.97. The third kappa shape index (κ3) is 4.16. The zero-order chi connectivity index (χ0) is 15.2. The number of carbonyl (C=O) groups excluding carboxylic acids is 1. The van der Waals surface area contributed by atoms with Gasteiger partial charge in [0.05, 0.1) is 5.69 Å². The lowest BCUT2D eigenvalue weighted by atomic mass is 10.2. The van der Waals surface area contributed by atoms with Crippen molar-refractivity contribution in [2.75, 3.05) is 6.54 Å². The molecule has 0 radical (unpaired) electrons. The number of rotatable bonds is 5. The predicted octanol–water partition coefficient (Wildman–Crippen LogP) is 2.15. The van der Waals surface area contributed by atoms with Crippen molar-refractivity contribution in [1.29, 1.82) is 0 Å². The summed E-state index contributed by atoms with van der Waals surface area (Å²) in [4.78, 5) is 15.9. The smallest absolute Gasteiger partial charge is 0.244 e. The Kier molecular flexibility index (Phi) is 5.11. The number of amides is 1. The summed E-state index contributed by atoms with van der Waals surface area (Å²) in [7, 11) is 1.76. The van der Waals surface area contributed by atoms with Crippen molar-refractivity contribution in [2.45, 2.75) is 13.3 Å². The highest BCUT2D eigenvalue weighted by Crippen LogP contribution is 2.19. The summed E-state index contributed by atoms with van der Waals surface area (Å²) in [5.74, 6) is -0.162. The second-order valence-electron chi connectivity index (χ2n) is 4.61. The van der Waals surface area contributed by atoms with Gasteiger partial charge in [-0.15, -0.1) is 0 Å². The molecule has 0 unspecified atom stereocenters. The average molecular weight is 305 g/mol. The number of pyridine rings is 1. The maximum Gasteiger partial charge on any atom is 0.244 e. The summed E-state index contributed by atoms with van der Waals surface area (Å²) in [5.41, 5.74) is 2.51. The van der Waals surface area contributed by atoms with E-state index < -0.39 is 0 Å². The van der Waals surface area contributed by atoms with Gasteiger partial charge in [-0.2, -0.15) is 5.10 Å². The number of nitrogens with zero attached hydrogens (tertiary/aromatic N) is 3. The second kappa shape index (κ2) is 7.04. The van der Waals surface area contributed by atoms with Crippen LogP contribution in [0, 0.1) is 6.92 Å². The molecule has 5 nitrogen and oxygen atoms in total. The van der Waals surface area contributed by atoms with Crippen LogP contribution < -0.4 is 5.32 Å². The first-order valence-corrected chi connectivity index (χ1v) is 7.00. The van der Waals surface area contributed by atoms with Crippen LogP contribution >= 0.6 is 11.6 Å². The summed E-state index contributed by atoms with van der Waals surface area (Å²) < 4.78 is 1.58. The molecule has 0 aliphatic heterocycles. The van der Waals surface area contributed by atoms with Gasteiger partial charge in [0.25, 0.3) is 0 Å². The summed E-state index contributed by atoms with van der Waals surface area (Å²) in [5, 5.41) is 7.51. The topological polar surface area (TPSA) is 59.8 Å². The Balaban J connectivity index is 1.86. The number of nitrogens with one attached hydrogen (secondary N) is 1. The van der Waals surface area contributed by atoms with E-state index in [4.69, 9.17) is 11.6 Å². The molecular weight excluding hydrogens is 288 g/mol. The van der Waals surface area contributed by atoms with Crippen LogP contribution in [0.25, 0.3) is 6.08 Å². The summed E-state index contributed by atoms with van der Waals surface area (Å²) in [6.45, 7) is 2.39. The SMILES string of the molecule is Cc1nn(C)c(Cl)c1/C=C/C(=O)NCCc1ccccn1. The first-order valence-electron chi connectivity index (χ1n) is 6.63. The number of hydrogen-bond acceptors (Lipinski definition) is 3. The van der Waals surface area contributed by atoms with E-state index in [2.05, 4.69) is 15.4 Å². The lowest BCUT2D eigenvalue weighted by Gasteiger charge is -2.01. The molecule has 2 aromatic rings. The molecule has 21 heavy (non-hydrogen) atoms. The van der Waals surface area contributed by atoms with Crippen molar-refractivity contribution in [3.8, 4) is 0 Å². The summed E-state index contributed by atoms with van der Waals surface area (Å²) >= 11 is 6.09. The lowest BCUT2D eigenvalue weighted by molar-refractivity contribution is -0.116. The van der Waals surface area contributed by atoms with E-state index in [-0.39, 0.29) is 5.91 Å². The Bertz CT molecular complexity index is 649. The van der Waals surface area contributed by atoms with Gasteiger partial charge in [-0.25, -0.2) is 0 Å². The highest BCUT2D eigenvalue weighted by atomic mass is 35.5. The number of halogens is 1. The fourth-order valence-corrected chi connectivity index (χ4v) is 2.15. The van der Waals surface area contributed by atoms with Crippen molar-refractivity contribution in [1.82, 2.24) is 20.1 Å². The molecule has 110 valence electrons. The van der Waals surface area contributed by atoms with Crippen molar-refractivity contribution in [3.63, 3.8) is 0 Å². The molecule has 0 fully saturated rings. The quantitative estimate of drug-likeness (QED) is 0.861. The third-order valence-corrected chi connectivity index (χ3v) is 3.45. The van der Waals surface area contributed by atoms with Crippen LogP contribution in [0.3, 0.4) is 0 Å². The first-order chi connectivity index (χ1) is 10.1. The number of aromatic nitrogens is 3.